The topological polar surface area (TPSA) is 149 Å². The Balaban J connectivity index is 1.51. The second-order valence-corrected chi connectivity index (χ2v) is 9.92. The Hall–Kier alpha value is -4.19. The van der Waals surface area contributed by atoms with E-state index in [4.69, 9.17) is 28.4 Å². The summed E-state index contributed by atoms with van der Waals surface area (Å²) in [6, 6.07) is 9.95. The molecule has 4 rings (SSSR count). The molecule has 1 aromatic carbocycles. The average Bonchev–Trinajstić information content (AvgIpc) is 3.80. The van der Waals surface area contributed by atoms with Gasteiger partial charge in [-0.1, -0.05) is 30.3 Å². The van der Waals surface area contributed by atoms with Crippen molar-refractivity contribution in [1.29, 1.82) is 0 Å². The SMILES string of the molecule is COc1ccnc(C(=O)N[C@H]2COC[C@H](Cc3ccccc3)[C@@H](OC(=O)C3CC3)[C@H](C)OC2=O)c1OCOC(C)=O. The van der Waals surface area contributed by atoms with Gasteiger partial charge in [-0.3, -0.25) is 14.4 Å². The average molecular weight is 571 g/mol. The molecule has 220 valence electrons. The molecule has 12 nitrogen and oxygen atoms in total. The number of carbonyl (C=O) groups excluding carboxylic acids is 4. The van der Waals surface area contributed by atoms with Crippen LogP contribution in [0.4, 0.5) is 0 Å². The molecule has 4 atom stereocenters. The fraction of sp³-hybridized carbons (Fsp3) is 0.483. The zero-order chi connectivity index (χ0) is 29.4. The molecule has 2 aliphatic rings. The van der Waals surface area contributed by atoms with Gasteiger partial charge in [0.05, 0.1) is 26.2 Å². The number of ether oxygens (including phenoxy) is 6. The number of nitrogens with zero attached hydrogens (tertiary/aromatic N) is 1. The van der Waals surface area contributed by atoms with Crippen LogP contribution in [0.15, 0.2) is 42.6 Å². The van der Waals surface area contributed by atoms with Crippen LogP contribution < -0.4 is 14.8 Å². The molecule has 0 bridgehead atoms. The maximum absolute atomic E-state index is 13.3. The Morgan fingerprint density at radius 3 is 2.54 bits per heavy atom. The first kappa shape index (κ1) is 29.8. The van der Waals surface area contributed by atoms with Crippen LogP contribution in [0, 0.1) is 11.8 Å². The highest BCUT2D eigenvalue weighted by Crippen LogP contribution is 2.33. The van der Waals surface area contributed by atoms with E-state index in [0.29, 0.717) is 6.42 Å². The molecule has 12 heteroatoms. The van der Waals surface area contributed by atoms with Gasteiger partial charge in [0.25, 0.3) is 5.91 Å². The molecular formula is C29H34N2O10. The monoisotopic (exact) mass is 570 g/mol. The first-order chi connectivity index (χ1) is 19.8. The standard InChI is InChI=1S/C29H34N2O10/c1-17-25(41-28(34)20-9-10-20)21(13-19-7-5-4-6-8-19)14-37-15-22(29(35)40-17)31-27(33)24-26(39-16-38-18(2)32)23(36-3)11-12-30-24/h4-8,11-12,17,20-22,25H,9-10,13-16H2,1-3H3,(H,31,33)/t17-,21-,22-,25-/m0/s1. The highest BCUT2D eigenvalue weighted by Gasteiger charge is 2.40. The van der Waals surface area contributed by atoms with Crippen molar-refractivity contribution in [3.8, 4) is 11.5 Å². The van der Waals surface area contributed by atoms with Gasteiger partial charge in [0.1, 0.15) is 12.2 Å². The Bertz CT molecular complexity index is 1230. The number of pyridine rings is 1. The lowest BCUT2D eigenvalue weighted by Gasteiger charge is -2.30. The van der Waals surface area contributed by atoms with Crippen molar-refractivity contribution in [2.45, 2.75) is 51.4 Å². The van der Waals surface area contributed by atoms with Crippen LogP contribution in [0.25, 0.3) is 0 Å². The van der Waals surface area contributed by atoms with Crippen molar-refractivity contribution in [3.63, 3.8) is 0 Å². The molecule has 41 heavy (non-hydrogen) atoms. The number of hydrogen-bond donors (Lipinski definition) is 1. The summed E-state index contributed by atoms with van der Waals surface area (Å²) in [4.78, 5) is 54.3. The normalized spacial score (nSPS) is 22.7. The highest BCUT2D eigenvalue weighted by molar-refractivity contribution is 5.98. The first-order valence-electron chi connectivity index (χ1n) is 13.4. The van der Waals surface area contributed by atoms with Gasteiger partial charge in [-0.15, -0.1) is 0 Å². The second kappa shape index (κ2) is 13.9. The van der Waals surface area contributed by atoms with Crippen molar-refractivity contribution in [3.05, 3.63) is 53.9 Å². The minimum Gasteiger partial charge on any atom is -0.493 e. The number of aromatic nitrogens is 1. The molecule has 2 heterocycles. The Morgan fingerprint density at radius 2 is 1.85 bits per heavy atom. The summed E-state index contributed by atoms with van der Waals surface area (Å²) < 4.78 is 33.0. The van der Waals surface area contributed by atoms with Gasteiger partial charge >= 0.3 is 17.9 Å². The molecule has 2 fully saturated rings. The summed E-state index contributed by atoms with van der Waals surface area (Å²) in [7, 11) is 1.37. The number of methoxy groups -OCH3 is 1. The third-order valence-electron chi connectivity index (χ3n) is 6.71. The molecule has 1 aliphatic carbocycles. The summed E-state index contributed by atoms with van der Waals surface area (Å²) in [6.45, 7) is 2.35. The van der Waals surface area contributed by atoms with Crippen LogP contribution in [0.1, 0.15) is 42.7 Å². The summed E-state index contributed by atoms with van der Waals surface area (Å²) in [6.07, 6.45) is 1.86. The Labute approximate surface area is 237 Å². The highest BCUT2D eigenvalue weighted by atomic mass is 16.7. The zero-order valence-corrected chi connectivity index (χ0v) is 23.2. The van der Waals surface area contributed by atoms with E-state index >= 15 is 0 Å². The van der Waals surface area contributed by atoms with Crippen LogP contribution in [0.2, 0.25) is 0 Å². The minimum absolute atomic E-state index is 0.0746. The third-order valence-corrected chi connectivity index (χ3v) is 6.71. The summed E-state index contributed by atoms with van der Waals surface area (Å²) in [5, 5.41) is 2.59. The quantitative estimate of drug-likeness (QED) is 0.255. The van der Waals surface area contributed by atoms with Gasteiger partial charge in [-0.05, 0) is 31.7 Å². The maximum atomic E-state index is 13.3. The number of benzene rings is 1. The predicted molar refractivity (Wildman–Crippen MR) is 142 cm³/mol. The minimum atomic E-state index is -1.20. The predicted octanol–water partition coefficient (Wildman–Crippen LogP) is 2.23. The second-order valence-electron chi connectivity index (χ2n) is 9.92. The lowest BCUT2D eigenvalue weighted by Crippen LogP contribution is -2.47. The molecular weight excluding hydrogens is 536 g/mol. The molecule has 0 spiro atoms. The lowest BCUT2D eigenvalue weighted by molar-refractivity contribution is -0.172. The van der Waals surface area contributed by atoms with E-state index in [1.165, 1.54) is 26.3 Å². The molecule has 1 amide bonds. The molecule has 0 unspecified atom stereocenters. The number of nitrogens with one attached hydrogen (secondary N) is 1. The van der Waals surface area contributed by atoms with E-state index in [9.17, 15) is 19.2 Å². The van der Waals surface area contributed by atoms with E-state index in [1.807, 2.05) is 30.3 Å². The van der Waals surface area contributed by atoms with Gasteiger partial charge in [0.15, 0.2) is 23.2 Å². The molecule has 1 saturated heterocycles. The van der Waals surface area contributed by atoms with Crippen LogP contribution >= 0.6 is 0 Å². The van der Waals surface area contributed by atoms with Gasteiger partial charge in [0.2, 0.25) is 6.79 Å². The molecule has 1 N–H and O–H groups in total. The molecule has 1 aliphatic heterocycles. The van der Waals surface area contributed by atoms with E-state index in [2.05, 4.69) is 10.3 Å². The van der Waals surface area contributed by atoms with Crippen molar-refractivity contribution in [2.24, 2.45) is 11.8 Å². The summed E-state index contributed by atoms with van der Waals surface area (Å²) in [5.74, 6) is -2.77. The lowest BCUT2D eigenvalue weighted by atomic mass is 9.91. The van der Waals surface area contributed by atoms with E-state index < -0.39 is 42.9 Å². The van der Waals surface area contributed by atoms with E-state index in [0.717, 1.165) is 18.4 Å². The molecule has 0 radical (unpaired) electrons. The van der Waals surface area contributed by atoms with Crippen molar-refractivity contribution in [2.75, 3.05) is 27.1 Å². The van der Waals surface area contributed by atoms with Gasteiger partial charge in [-0.2, -0.15) is 0 Å². The fourth-order valence-electron chi connectivity index (χ4n) is 4.44. The van der Waals surface area contributed by atoms with E-state index in [-0.39, 0.29) is 48.2 Å². The van der Waals surface area contributed by atoms with Gasteiger partial charge in [0, 0.05) is 25.1 Å². The van der Waals surface area contributed by atoms with Gasteiger partial charge in [-0.25, -0.2) is 9.78 Å². The Kier molecular flexibility index (Phi) is 10.1. The van der Waals surface area contributed by atoms with E-state index in [1.54, 1.807) is 6.92 Å². The number of amides is 1. The molecule has 1 saturated carbocycles. The molecule has 1 aromatic heterocycles. The largest absolute Gasteiger partial charge is 0.493 e. The number of rotatable bonds is 10. The zero-order valence-electron chi connectivity index (χ0n) is 23.2. The number of carbonyl (C=O) groups is 4. The first-order valence-corrected chi connectivity index (χ1v) is 13.4. The fourth-order valence-corrected chi connectivity index (χ4v) is 4.44. The number of hydrogen-bond acceptors (Lipinski definition) is 11. The van der Waals surface area contributed by atoms with Crippen LogP contribution in [-0.2, 0) is 39.8 Å². The number of esters is 3. The van der Waals surface area contributed by atoms with Gasteiger partial charge < -0.3 is 33.7 Å². The van der Waals surface area contributed by atoms with Crippen molar-refractivity contribution >= 4 is 23.8 Å². The van der Waals surface area contributed by atoms with Crippen LogP contribution in [0.5, 0.6) is 11.5 Å². The van der Waals surface area contributed by atoms with Crippen LogP contribution in [-0.4, -0.2) is 74.2 Å². The number of cyclic esters (lactones) is 1. The smallest absolute Gasteiger partial charge is 0.331 e. The van der Waals surface area contributed by atoms with Crippen molar-refractivity contribution in [1.82, 2.24) is 10.3 Å². The van der Waals surface area contributed by atoms with Crippen molar-refractivity contribution < 1.29 is 47.6 Å². The van der Waals surface area contributed by atoms with Crippen LogP contribution in [0.3, 0.4) is 0 Å². The summed E-state index contributed by atoms with van der Waals surface area (Å²) >= 11 is 0. The summed E-state index contributed by atoms with van der Waals surface area (Å²) in [5.41, 5.74) is 0.817. The third kappa shape index (κ3) is 8.16. The molecule has 2 aromatic rings. The maximum Gasteiger partial charge on any atom is 0.331 e. The Morgan fingerprint density at radius 1 is 1.10 bits per heavy atom.